The van der Waals surface area contributed by atoms with Crippen molar-refractivity contribution >= 4 is 21.7 Å². The van der Waals surface area contributed by atoms with Gasteiger partial charge in [-0.2, -0.15) is 13.2 Å². The van der Waals surface area contributed by atoms with E-state index in [4.69, 9.17) is 10.5 Å². The van der Waals surface area contributed by atoms with E-state index in [1.165, 1.54) is 18.2 Å². The Balaban J connectivity index is 1.88. The molecule has 2 amide bonds. The average molecular weight is 547 g/mol. The fraction of sp³-hybridized carbons (Fsp3) is 0.417. The average Bonchev–Trinajstić information content (AvgIpc) is 3.23. The molecule has 0 spiro atoms. The smallest absolute Gasteiger partial charge is 0.375 e. The van der Waals surface area contributed by atoms with Gasteiger partial charge in [0.15, 0.2) is 15.5 Å². The molecule has 4 rings (SSSR count). The van der Waals surface area contributed by atoms with Crippen LogP contribution in [0.1, 0.15) is 40.2 Å². The number of benzene rings is 2. The Morgan fingerprint density at radius 2 is 1.81 bits per heavy atom. The van der Waals surface area contributed by atoms with Crippen LogP contribution in [0.25, 0.3) is 0 Å². The molecule has 0 bridgehead atoms. The van der Waals surface area contributed by atoms with Crippen molar-refractivity contribution in [3.05, 3.63) is 65.0 Å². The van der Waals surface area contributed by atoms with Gasteiger partial charge in [0.1, 0.15) is 11.4 Å². The van der Waals surface area contributed by atoms with Crippen LogP contribution in [0.5, 0.6) is 0 Å². The monoisotopic (exact) mass is 546 g/mol. The lowest BCUT2D eigenvalue weighted by Crippen LogP contribution is -2.67. The Kier molecular flexibility index (Phi) is 6.60. The minimum absolute atomic E-state index is 0.111. The van der Waals surface area contributed by atoms with E-state index in [1.807, 2.05) is 0 Å². The van der Waals surface area contributed by atoms with Crippen LogP contribution in [0.3, 0.4) is 0 Å². The zero-order valence-corrected chi connectivity index (χ0v) is 20.3. The summed E-state index contributed by atoms with van der Waals surface area (Å²) in [4.78, 5) is 27.5. The maximum Gasteiger partial charge on any atom is 0.416 e. The Morgan fingerprint density at radius 1 is 1.14 bits per heavy atom. The van der Waals surface area contributed by atoms with Crippen LogP contribution in [0, 0.1) is 5.82 Å². The lowest BCUT2D eigenvalue weighted by molar-refractivity contribution is -0.169. The second-order valence-corrected chi connectivity index (χ2v) is 11.4. The number of carbonyl (C=O) groups excluding carboxylic acids is 2. The van der Waals surface area contributed by atoms with Gasteiger partial charge >= 0.3 is 6.18 Å². The number of nitrogens with zero attached hydrogens (tertiary/aromatic N) is 1. The number of carbonyl (C=O) groups is 2. The molecular weight excluding hydrogens is 523 g/mol. The van der Waals surface area contributed by atoms with Crippen molar-refractivity contribution in [1.29, 1.82) is 0 Å². The molecule has 0 aromatic heterocycles. The molecule has 0 unspecified atom stereocenters. The minimum Gasteiger partial charge on any atom is -0.375 e. The van der Waals surface area contributed by atoms with Gasteiger partial charge in [-0.05, 0) is 48.7 Å². The first-order chi connectivity index (χ1) is 17.1. The number of amides is 2. The molecule has 2 aromatic carbocycles. The molecule has 2 aliphatic rings. The molecule has 200 valence electrons. The SMILES string of the molecule is CS(=O)(=O)c1cccc(C(=O)N2CCC[C@@]2(C(N)=O)[C@H](c2ccc(C(F)(F)F)cc2F)C2(F)COC2)c1. The Morgan fingerprint density at radius 3 is 2.32 bits per heavy atom. The fourth-order valence-electron chi connectivity index (χ4n) is 5.20. The molecule has 0 saturated carbocycles. The summed E-state index contributed by atoms with van der Waals surface area (Å²) in [7, 11) is -3.71. The summed E-state index contributed by atoms with van der Waals surface area (Å²) < 4.78 is 99.8. The summed E-state index contributed by atoms with van der Waals surface area (Å²) in [6.07, 6.45) is -3.98. The van der Waals surface area contributed by atoms with E-state index in [9.17, 15) is 31.2 Å². The van der Waals surface area contributed by atoms with Gasteiger partial charge < -0.3 is 15.4 Å². The number of ether oxygens (including phenoxy) is 1. The number of likely N-dealkylation sites (tertiary alicyclic amines) is 1. The van der Waals surface area contributed by atoms with Gasteiger partial charge in [0.2, 0.25) is 5.91 Å². The molecule has 2 heterocycles. The number of rotatable bonds is 6. The van der Waals surface area contributed by atoms with Gasteiger partial charge in [-0.1, -0.05) is 12.1 Å². The van der Waals surface area contributed by atoms with Crippen LogP contribution in [0.2, 0.25) is 0 Å². The molecule has 2 aliphatic heterocycles. The Hall–Kier alpha value is -3.06. The highest BCUT2D eigenvalue weighted by Gasteiger charge is 2.64. The third-order valence-corrected chi connectivity index (χ3v) is 8.03. The summed E-state index contributed by atoms with van der Waals surface area (Å²) in [6.45, 7) is -1.31. The molecule has 13 heteroatoms. The van der Waals surface area contributed by atoms with Crippen LogP contribution in [0.4, 0.5) is 22.0 Å². The summed E-state index contributed by atoms with van der Waals surface area (Å²) in [6, 6.07) is 6.49. The number of hydrogen-bond acceptors (Lipinski definition) is 5. The standard InChI is InChI=1S/C24H23F5N2O5S/c1-37(34,35)16-5-2-4-14(10-16)20(32)31-9-3-8-23(31,21(30)33)19(22(26)12-36-13-22)17-7-6-15(11-18(17)25)24(27,28)29/h2,4-7,10-11,19H,3,8-9,12-13H2,1H3,(H2,30,33)/t19-,23+/m1/s1. The second kappa shape index (κ2) is 9.05. The maximum atomic E-state index is 16.1. The molecule has 7 nitrogen and oxygen atoms in total. The van der Waals surface area contributed by atoms with Crippen LogP contribution in [-0.2, 0) is 25.5 Å². The van der Waals surface area contributed by atoms with E-state index in [1.54, 1.807) is 0 Å². The van der Waals surface area contributed by atoms with Crippen LogP contribution < -0.4 is 5.73 Å². The number of nitrogens with two attached hydrogens (primary N) is 1. The van der Waals surface area contributed by atoms with Crippen LogP contribution in [-0.4, -0.2) is 62.4 Å². The summed E-state index contributed by atoms with van der Waals surface area (Å²) in [5, 5.41) is 0. The summed E-state index contributed by atoms with van der Waals surface area (Å²) in [5.74, 6) is -5.24. The van der Waals surface area contributed by atoms with Crippen LogP contribution in [0.15, 0.2) is 47.4 Å². The first kappa shape index (κ1) is 27.0. The second-order valence-electron chi connectivity index (χ2n) is 9.34. The Labute approximate surface area is 209 Å². The maximum absolute atomic E-state index is 16.1. The lowest BCUT2D eigenvalue weighted by atomic mass is 9.67. The minimum atomic E-state index is -4.87. The summed E-state index contributed by atoms with van der Waals surface area (Å²) in [5.41, 5.74) is -0.833. The van der Waals surface area contributed by atoms with Crippen molar-refractivity contribution in [2.24, 2.45) is 5.73 Å². The van der Waals surface area contributed by atoms with Crippen molar-refractivity contribution in [3.63, 3.8) is 0 Å². The van der Waals surface area contributed by atoms with Crippen LogP contribution >= 0.6 is 0 Å². The predicted molar refractivity (Wildman–Crippen MR) is 121 cm³/mol. The number of halogens is 5. The molecule has 2 atom stereocenters. The van der Waals surface area contributed by atoms with Gasteiger partial charge in [-0.3, -0.25) is 9.59 Å². The molecule has 0 radical (unpaired) electrons. The number of sulfone groups is 1. The van der Waals surface area contributed by atoms with E-state index >= 15 is 8.78 Å². The largest absolute Gasteiger partial charge is 0.416 e. The molecule has 2 N–H and O–H groups in total. The van der Waals surface area contributed by atoms with E-state index in [2.05, 4.69) is 0 Å². The molecule has 0 aliphatic carbocycles. The third kappa shape index (κ3) is 4.58. The van der Waals surface area contributed by atoms with Crippen molar-refractivity contribution in [2.45, 2.75) is 41.0 Å². The predicted octanol–water partition coefficient (Wildman–Crippen LogP) is 3.23. The number of primary amides is 1. The Bertz CT molecular complexity index is 1360. The van der Waals surface area contributed by atoms with E-state index in [0.717, 1.165) is 23.3 Å². The van der Waals surface area contributed by atoms with Crippen molar-refractivity contribution in [2.75, 3.05) is 26.0 Å². The number of hydrogen-bond donors (Lipinski definition) is 1. The fourth-order valence-corrected chi connectivity index (χ4v) is 5.87. The molecule has 2 fully saturated rings. The quantitative estimate of drug-likeness (QED) is 0.560. The summed E-state index contributed by atoms with van der Waals surface area (Å²) >= 11 is 0. The molecule has 37 heavy (non-hydrogen) atoms. The molecular formula is C24H23F5N2O5S. The zero-order chi connectivity index (χ0) is 27.4. The van der Waals surface area contributed by atoms with Crippen molar-refractivity contribution in [3.8, 4) is 0 Å². The normalized spacial score (nSPS) is 22.4. The molecule has 2 aromatic rings. The van der Waals surface area contributed by atoms with Gasteiger partial charge in [0.25, 0.3) is 5.91 Å². The number of alkyl halides is 4. The highest BCUT2D eigenvalue weighted by Crippen LogP contribution is 2.52. The van der Waals surface area contributed by atoms with Crippen molar-refractivity contribution < 1.29 is 44.7 Å². The zero-order valence-electron chi connectivity index (χ0n) is 19.5. The van der Waals surface area contributed by atoms with Gasteiger partial charge in [-0.25, -0.2) is 17.2 Å². The van der Waals surface area contributed by atoms with E-state index in [-0.39, 0.29) is 35.9 Å². The van der Waals surface area contributed by atoms with E-state index < -0.39 is 75.1 Å². The molecule has 2 saturated heterocycles. The highest BCUT2D eigenvalue weighted by molar-refractivity contribution is 7.90. The first-order valence-electron chi connectivity index (χ1n) is 11.2. The van der Waals surface area contributed by atoms with Gasteiger partial charge in [-0.15, -0.1) is 0 Å². The van der Waals surface area contributed by atoms with Crippen molar-refractivity contribution in [1.82, 2.24) is 4.90 Å². The van der Waals surface area contributed by atoms with Gasteiger partial charge in [0.05, 0.1) is 29.6 Å². The van der Waals surface area contributed by atoms with E-state index in [0.29, 0.717) is 6.07 Å². The lowest BCUT2D eigenvalue weighted by Gasteiger charge is -2.50. The van der Waals surface area contributed by atoms with Gasteiger partial charge in [0, 0.05) is 18.4 Å². The topological polar surface area (TPSA) is 107 Å². The first-order valence-corrected chi connectivity index (χ1v) is 13.1. The highest BCUT2D eigenvalue weighted by atomic mass is 32.2. The third-order valence-electron chi connectivity index (χ3n) is 6.92.